The minimum absolute atomic E-state index is 0.00835. The van der Waals surface area contributed by atoms with Crippen molar-refractivity contribution in [2.45, 2.75) is 52.6 Å². The first-order valence-electron chi connectivity index (χ1n) is 9.87. The summed E-state index contributed by atoms with van der Waals surface area (Å²) in [5.74, 6) is -0.708. The van der Waals surface area contributed by atoms with Crippen molar-refractivity contribution in [3.05, 3.63) is 22.5 Å². The zero-order valence-corrected chi connectivity index (χ0v) is 17.2. The summed E-state index contributed by atoms with van der Waals surface area (Å²) in [5.41, 5.74) is 2.33. The number of piperidine rings is 1. The maximum absolute atomic E-state index is 13.0. The number of H-pyrrole nitrogens is 1. The summed E-state index contributed by atoms with van der Waals surface area (Å²) in [4.78, 5) is 55.3. The molecule has 9 nitrogen and oxygen atoms in total. The molecule has 1 N–H and O–H groups in total. The van der Waals surface area contributed by atoms with E-state index in [2.05, 4.69) is 4.98 Å². The molecular formula is C20H27N3O6. The molecular weight excluding hydrogens is 378 g/mol. The minimum Gasteiger partial charge on any atom is -0.464 e. The third-order valence-electron chi connectivity index (χ3n) is 5.62. The van der Waals surface area contributed by atoms with Gasteiger partial charge in [-0.15, -0.1) is 0 Å². The maximum atomic E-state index is 13.0. The molecule has 0 spiro atoms. The second-order valence-electron chi connectivity index (χ2n) is 7.46. The lowest BCUT2D eigenvalue weighted by atomic mass is 10.0. The van der Waals surface area contributed by atoms with E-state index in [1.165, 1.54) is 11.8 Å². The normalized spacial score (nSPS) is 20.0. The number of Topliss-reactive ketones (excluding diaryl/α,β-unsaturated/α-hetero) is 1. The second kappa shape index (κ2) is 8.26. The Balaban J connectivity index is 1.68. The molecule has 0 aliphatic carbocycles. The summed E-state index contributed by atoms with van der Waals surface area (Å²) >= 11 is 0. The molecule has 1 aromatic rings. The third-order valence-corrected chi connectivity index (χ3v) is 5.62. The van der Waals surface area contributed by atoms with Crippen LogP contribution in [0.5, 0.6) is 0 Å². The summed E-state index contributed by atoms with van der Waals surface area (Å²) in [6, 6.07) is -0.927. The van der Waals surface area contributed by atoms with Crippen LogP contribution in [0.4, 0.5) is 4.79 Å². The van der Waals surface area contributed by atoms with Gasteiger partial charge in [0.2, 0.25) is 0 Å². The maximum Gasteiger partial charge on any atom is 0.410 e. The smallest absolute Gasteiger partial charge is 0.410 e. The number of nitrogens with zero attached hydrogens (tertiary/aromatic N) is 2. The molecule has 3 rings (SSSR count). The van der Waals surface area contributed by atoms with Gasteiger partial charge in [0.1, 0.15) is 12.3 Å². The zero-order valence-electron chi connectivity index (χ0n) is 17.2. The van der Waals surface area contributed by atoms with Gasteiger partial charge in [-0.3, -0.25) is 14.5 Å². The number of ether oxygens (including phenoxy) is 2. The van der Waals surface area contributed by atoms with E-state index in [0.29, 0.717) is 48.4 Å². The SMILES string of the molecule is CCOC(=O)C1COC(=O)N1C1CCN(C(=O)c2[nH]c(C)c(C(C)=O)c2C)CC1. The number of aromatic nitrogens is 1. The highest BCUT2D eigenvalue weighted by molar-refractivity contribution is 6.02. The van der Waals surface area contributed by atoms with Crippen molar-refractivity contribution in [3.63, 3.8) is 0 Å². The van der Waals surface area contributed by atoms with Gasteiger partial charge in [-0.2, -0.15) is 0 Å². The predicted octanol–water partition coefficient (Wildman–Crippen LogP) is 1.82. The minimum atomic E-state index is -0.735. The van der Waals surface area contributed by atoms with Crippen molar-refractivity contribution in [2.75, 3.05) is 26.3 Å². The van der Waals surface area contributed by atoms with Crippen molar-refractivity contribution in [1.29, 1.82) is 0 Å². The molecule has 9 heteroatoms. The van der Waals surface area contributed by atoms with Crippen LogP contribution in [0.25, 0.3) is 0 Å². The van der Waals surface area contributed by atoms with Crippen LogP contribution in [0.15, 0.2) is 0 Å². The molecule has 0 bridgehead atoms. The number of amides is 2. The Morgan fingerprint density at radius 1 is 1.21 bits per heavy atom. The topological polar surface area (TPSA) is 109 Å². The quantitative estimate of drug-likeness (QED) is 0.591. The number of likely N-dealkylation sites (tertiary alicyclic amines) is 1. The second-order valence-corrected chi connectivity index (χ2v) is 7.46. The van der Waals surface area contributed by atoms with Crippen molar-refractivity contribution in [3.8, 4) is 0 Å². The van der Waals surface area contributed by atoms with Gasteiger partial charge in [0.25, 0.3) is 5.91 Å². The first kappa shape index (κ1) is 20.9. The van der Waals surface area contributed by atoms with Gasteiger partial charge < -0.3 is 19.4 Å². The van der Waals surface area contributed by atoms with Gasteiger partial charge in [-0.05, 0) is 46.1 Å². The Kier molecular flexibility index (Phi) is 5.95. The lowest BCUT2D eigenvalue weighted by Gasteiger charge is -2.37. The number of carbonyl (C=O) groups is 4. The molecule has 0 saturated carbocycles. The Bertz CT molecular complexity index is 838. The molecule has 2 amide bonds. The van der Waals surface area contributed by atoms with E-state index < -0.39 is 18.1 Å². The van der Waals surface area contributed by atoms with Crippen LogP contribution in [0.3, 0.4) is 0 Å². The van der Waals surface area contributed by atoms with Gasteiger partial charge in [0, 0.05) is 30.4 Å². The fraction of sp³-hybridized carbons (Fsp3) is 0.600. The number of nitrogens with one attached hydrogen (secondary N) is 1. The fourth-order valence-corrected chi connectivity index (χ4v) is 4.25. The molecule has 1 aromatic heterocycles. The molecule has 2 aliphatic rings. The van der Waals surface area contributed by atoms with E-state index in [1.807, 2.05) is 0 Å². The van der Waals surface area contributed by atoms with Crippen LogP contribution < -0.4 is 0 Å². The standard InChI is InChI=1S/C20H27N3O6/c1-5-28-19(26)15-10-29-20(27)23(15)14-6-8-22(9-7-14)18(25)17-11(2)16(13(4)24)12(3)21-17/h14-15,21H,5-10H2,1-4H3. The Morgan fingerprint density at radius 2 is 1.86 bits per heavy atom. The molecule has 3 heterocycles. The average Bonchev–Trinajstić information content (AvgIpc) is 3.21. The Morgan fingerprint density at radius 3 is 2.41 bits per heavy atom. The Labute approximate surface area is 169 Å². The van der Waals surface area contributed by atoms with Crippen molar-refractivity contribution in [1.82, 2.24) is 14.8 Å². The number of ketones is 1. The summed E-state index contributed by atoms with van der Waals surface area (Å²) in [6.45, 7) is 7.86. The van der Waals surface area contributed by atoms with E-state index in [9.17, 15) is 19.2 Å². The Hall–Kier alpha value is -2.84. The van der Waals surface area contributed by atoms with E-state index in [4.69, 9.17) is 9.47 Å². The lowest BCUT2D eigenvalue weighted by Crippen LogP contribution is -2.52. The zero-order chi connectivity index (χ0) is 21.3. The number of hydrogen-bond acceptors (Lipinski definition) is 6. The van der Waals surface area contributed by atoms with Crippen LogP contribution in [0, 0.1) is 13.8 Å². The predicted molar refractivity (Wildman–Crippen MR) is 103 cm³/mol. The molecule has 158 valence electrons. The summed E-state index contributed by atoms with van der Waals surface area (Å²) in [7, 11) is 0. The van der Waals surface area contributed by atoms with Crippen LogP contribution in [-0.4, -0.2) is 76.9 Å². The van der Waals surface area contributed by atoms with E-state index in [-0.39, 0.29) is 30.9 Å². The van der Waals surface area contributed by atoms with Crippen LogP contribution in [-0.2, 0) is 14.3 Å². The van der Waals surface area contributed by atoms with Crippen molar-refractivity contribution in [2.24, 2.45) is 0 Å². The number of carbonyl (C=O) groups excluding carboxylic acids is 4. The fourth-order valence-electron chi connectivity index (χ4n) is 4.25. The lowest BCUT2D eigenvalue weighted by molar-refractivity contribution is -0.148. The molecule has 2 aliphatic heterocycles. The highest BCUT2D eigenvalue weighted by Crippen LogP contribution is 2.26. The first-order valence-corrected chi connectivity index (χ1v) is 9.87. The molecule has 2 saturated heterocycles. The summed E-state index contributed by atoms with van der Waals surface area (Å²) in [5, 5.41) is 0. The van der Waals surface area contributed by atoms with Crippen LogP contribution in [0.2, 0.25) is 0 Å². The molecule has 0 radical (unpaired) electrons. The van der Waals surface area contributed by atoms with Gasteiger partial charge >= 0.3 is 12.1 Å². The molecule has 29 heavy (non-hydrogen) atoms. The highest BCUT2D eigenvalue weighted by atomic mass is 16.6. The van der Waals surface area contributed by atoms with E-state index in [1.54, 1.807) is 25.7 Å². The number of aromatic amines is 1. The highest BCUT2D eigenvalue weighted by Gasteiger charge is 2.44. The third kappa shape index (κ3) is 3.86. The van der Waals surface area contributed by atoms with Crippen LogP contribution in [0.1, 0.15) is 58.8 Å². The summed E-state index contributed by atoms with van der Waals surface area (Å²) in [6.07, 6.45) is 0.555. The number of rotatable bonds is 5. The summed E-state index contributed by atoms with van der Waals surface area (Å²) < 4.78 is 10.1. The monoisotopic (exact) mass is 405 g/mol. The van der Waals surface area contributed by atoms with E-state index >= 15 is 0 Å². The van der Waals surface area contributed by atoms with Crippen molar-refractivity contribution >= 4 is 23.8 Å². The molecule has 0 aromatic carbocycles. The molecule has 1 atom stereocenters. The number of aryl methyl sites for hydroxylation is 1. The number of esters is 1. The first-order chi connectivity index (χ1) is 13.8. The number of hydrogen-bond donors (Lipinski definition) is 1. The van der Waals surface area contributed by atoms with Gasteiger partial charge in [-0.25, -0.2) is 9.59 Å². The molecule has 2 fully saturated rings. The van der Waals surface area contributed by atoms with Gasteiger partial charge in [-0.1, -0.05) is 0 Å². The van der Waals surface area contributed by atoms with E-state index in [0.717, 1.165) is 0 Å². The largest absolute Gasteiger partial charge is 0.464 e. The van der Waals surface area contributed by atoms with Crippen LogP contribution >= 0.6 is 0 Å². The number of cyclic esters (lactones) is 1. The van der Waals surface area contributed by atoms with Gasteiger partial charge in [0.15, 0.2) is 11.8 Å². The average molecular weight is 405 g/mol. The van der Waals surface area contributed by atoms with Gasteiger partial charge in [0.05, 0.1) is 6.61 Å². The van der Waals surface area contributed by atoms with Crippen molar-refractivity contribution < 1.29 is 28.7 Å². The molecule has 1 unspecified atom stereocenters.